The Morgan fingerprint density at radius 3 is 2.40 bits per heavy atom. The molecule has 0 aliphatic carbocycles. The summed E-state index contributed by atoms with van der Waals surface area (Å²) in [6.45, 7) is 5.02. The third kappa shape index (κ3) is 3.67. The average molecular weight is 238 g/mol. The van der Waals surface area contributed by atoms with Crippen LogP contribution in [0.1, 0.15) is 27.2 Å². The van der Waals surface area contributed by atoms with Gasteiger partial charge in [0.2, 0.25) is 5.44 Å². The minimum Gasteiger partial charge on any atom is -0.429 e. The maximum atomic E-state index is 11.1. The minimum absolute atomic E-state index is 0.0375. The van der Waals surface area contributed by atoms with E-state index in [0.29, 0.717) is 0 Å². The molecule has 1 aliphatic heterocycles. The van der Waals surface area contributed by atoms with E-state index in [9.17, 15) is 13.2 Å². The Labute approximate surface area is 88.6 Å². The fourth-order valence-corrected chi connectivity index (χ4v) is 2.04. The number of hydrogen-bond donors (Lipinski definition) is 0. The van der Waals surface area contributed by atoms with Gasteiger partial charge in [0.25, 0.3) is 0 Å². The van der Waals surface area contributed by atoms with E-state index in [2.05, 4.69) is 8.92 Å². The van der Waals surface area contributed by atoms with Crippen LogP contribution >= 0.6 is 0 Å². The van der Waals surface area contributed by atoms with Gasteiger partial charge in [0.15, 0.2) is 0 Å². The van der Waals surface area contributed by atoms with Gasteiger partial charge < -0.3 is 9.47 Å². The van der Waals surface area contributed by atoms with Gasteiger partial charge in [-0.3, -0.25) is 4.18 Å². The Morgan fingerprint density at radius 1 is 1.40 bits per heavy atom. The van der Waals surface area contributed by atoms with Crippen molar-refractivity contribution < 1.29 is 26.9 Å². The molecule has 0 aromatic carbocycles. The zero-order chi connectivity index (χ0) is 11.7. The van der Waals surface area contributed by atoms with Crippen LogP contribution in [0.2, 0.25) is 0 Å². The summed E-state index contributed by atoms with van der Waals surface area (Å²) in [5.41, 5.74) is -1.95. The van der Waals surface area contributed by atoms with E-state index in [1.807, 2.05) is 0 Å². The predicted molar refractivity (Wildman–Crippen MR) is 50.6 cm³/mol. The summed E-state index contributed by atoms with van der Waals surface area (Å²) >= 11 is 0. The van der Waals surface area contributed by atoms with Crippen molar-refractivity contribution in [1.29, 1.82) is 0 Å². The summed E-state index contributed by atoms with van der Waals surface area (Å²) in [6, 6.07) is 0. The SMILES string of the molecule is CC(C)(C)OC(=O)OC1CCOS1(=O)=O. The summed E-state index contributed by atoms with van der Waals surface area (Å²) in [7, 11) is -3.76. The first-order valence-electron chi connectivity index (χ1n) is 4.48. The van der Waals surface area contributed by atoms with Crippen LogP contribution in [0.4, 0.5) is 4.79 Å². The summed E-state index contributed by atoms with van der Waals surface area (Å²) in [5, 5.41) is 0. The van der Waals surface area contributed by atoms with Crippen LogP contribution in [0.15, 0.2) is 0 Å². The lowest BCUT2D eigenvalue weighted by Crippen LogP contribution is -2.29. The molecule has 1 unspecified atom stereocenters. The van der Waals surface area contributed by atoms with Gasteiger partial charge in [-0.2, -0.15) is 8.42 Å². The van der Waals surface area contributed by atoms with Crippen LogP contribution in [0.25, 0.3) is 0 Å². The lowest BCUT2D eigenvalue weighted by molar-refractivity contribution is -0.0130. The molecule has 1 atom stereocenters. The highest BCUT2D eigenvalue weighted by molar-refractivity contribution is 7.87. The van der Waals surface area contributed by atoms with Gasteiger partial charge in [-0.25, -0.2) is 4.79 Å². The molecule has 1 aliphatic rings. The van der Waals surface area contributed by atoms with Gasteiger partial charge in [-0.15, -0.1) is 0 Å². The third-order valence-corrected chi connectivity index (χ3v) is 3.01. The molecule has 6 nitrogen and oxygen atoms in total. The molecule has 0 bridgehead atoms. The van der Waals surface area contributed by atoms with E-state index >= 15 is 0 Å². The molecule has 0 spiro atoms. The second-order valence-electron chi connectivity index (χ2n) is 4.12. The van der Waals surface area contributed by atoms with Crippen LogP contribution in [0, 0.1) is 0 Å². The van der Waals surface area contributed by atoms with E-state index in [1.54, 1.807) is 20.8 Å². The Hall–Kier alpha value is -0.820. The van der Waals surface area contributed by atoms with Gasteiger partial charge in [0.05, 0.1) is 6.61 Å². The number of carbonyl (C=O) groups is 1. The lowest BCUT2D eigenvalue weighted by Gasteiger charge is -2.19. The quantitative estimate of drug-likeness (QED) is 0.501. The van der Waals surface area contributed by atoms with Crippen LogP contribution < -0.4 is 0 Å². The van der Waals surface area contributed by atoms with Crippen molar-refractivity contribution in [2.75, 3.05) is 6.61 Å². The third-order valence-electron chi connectivity index (χ3n) is 1.54. The van der Waals surface area contributed by atoms with Crippen LogP contribution in [0.3, 0.4) is 0 Å². The molecular weight excluding hydrogens is 224 g/mol. The van der Waals surface area contributed by atoms with E-state index in [-0.39, 0.29) is 13.0 Å². The zero-order valence-electron chi connectivity index (χ0n) is 8.85. The van der Waals surface area contributed by atoms with Crippen LogP contribution in [-0.2, 0) is 23.8 Å². The molecule has 15 heavy (non-hydrogen) atoms. The normalized spacial score (nSPS) is 24.9. The molecule has 0 radical (unpaired) electrons. The first-order chi connectivity index (χ1) is 6.71. The highest BCUT2D eigenvalue weighted by Crippen LogP contribution is 2.20. The molecule has 0 saturated carbocycles. The molecule has 1 rings (SSSR count). The molecule has 0 N–H and O–H groups in total. The smallest absolute Gasteiger partial charge is 0.429 e. The maximum Gasteiger partial charge on any atom is 0.510 e. The molecular formula is C8H14O6S. The first-order valence-corrected chi connectivity index (χ1v) is 5.96. The number of ether oxygens (including phenoxy) is 2. The van der Waals surface area contributed by atoms with Crippen molar-refractivity contribution >= 4 is 16.3 Å². The van der Waals surface area contributed by atoms with Gasteiger partial charge in [-0.1, -0.05) is 0 Å². The summed E-state index contributed by atoms with van der Waals surface area (Å²) in [4.78, 5) is 11.1. The largest absolute Gasteiger partial charge is 0.510 e. The molecule has 0 aromatic heterocycles. The standard InChI is InChI=1S/C8H14O6S/c1-8(2,3)14-7(9)13-6-4-5-12-15(6,10)11/h6H,4-5H2,1-3H3. The van der Waals surface area contributed by atoms with Crippen molar-refractivity contribution in [3.05, 3.63) is 0 Å². The van der Waals surface area contributed by atoms with Crippen LogP contribution in [-0.4, -0.2) is 32.2 Å². The molecule has 1 heterocycles. The second kappa shape index (κ2) is 3.97. The lowest BCUT2D eigenvalue weighted by atomic mass is 10.2. The fourth-order valence-electron chi connectivity index (χ4n) is 0.980. The molecule has 7 heteroatoms. The van der Waals surface area contributed by atoms with Gasteiger partial charge >= 0.3 is 16.3 Å². The van der Waals surface area contributed by atoms with Crippen molar-refractivity contribution in [1.82, 2.24) is 0 Å². The molecule has 1 fully saturated rings. The summed E-state index contributed by atoms with van der Waals surface area (Å²) in [5.74, 6) is 0. The molecule has 0 aromatic rings. The molecule has 1 saturated heterocycles. The second-order valence-corrected chi connectivity index (χ2v) is 5.86. The predicted octanol–water partition coefficient (Wildman–Crippen LogP) is 1.01. The molecule has 0 amide bonds. The fraction of sp³-hybridized carbons (Fsp3) is 0.875. The van der Waals surface area contributed by atoms with Gasteiger partial charge in [-0.05, 0) is 20.8 Å². The average Bonchev–Trinajstić information content (AvgIpc) is 2.26. The van der Waals surface area contributed by atoms with Crippen molar-refractivity contribution in [3.8, 4) is 0 Å². The van der Waals surface area contributed by atoms with E-state index in [4.69, 9.17) is 4.74 Å². The number of rotatable bonds is 1. The number of carbonyl (C=O) groups excluding carboxylic acids is 1. The summed E-state index contributed by atoms with van der Waals surface area (Å²) < 4.78 is 36.1. The Bertz CT molecular complexity index is 339. The van der Waals surface area contributed by atoms with E-state index in [0.717, 1.165) is 0 Å². The Balaban J connectivity index is 2.53. The molecule has 88 valence electrons. The van der Waals surface area contributed by atoms with Crippen molar-refractivity contribution in [2.24, 2.45) is 0 Å². The monoisotopic (exact) mass is 238 g/mol. The summed E-state index contributed by atoms with van der Waals surface area (Å²) in [6.07, 6.45) is -0.858. The highest BCUT2D eigenvalue weighted by Gasteiger charge is 2.37. The first kappa shape index (κ1) is 12.3. The maximum absolute atomic E-state index is 11.1. The minimum atomic E-state index is -3.76. The Morgan fingerprint density at radius 2 is 2.00 bits per heavy atom. The van der Waals surface area contributed by atoms with Gasteiger partial charge in [0, 0.05) is 6.42 Å². The van der Waals surface area contributed by atoms with Crippen LogP contribution in [0.5, 0.6) is 0 Å². The van der Waals surface area contributed by atoms with Gasteiger partial charge in [0.1, 0.15) is 5.60 Å². The van der Waals surface area contributed by atoms with Crippen molar-refractivity contribution in [3.63, 3.8) is 0 Å². The Kier molecular flexibility index (Phi) is 3.25. The topological polar surface area (TPSA) is 78.9 Å². The number of hydrogen-bond acceptors (Lipinski definition) is 6. The van der Waals surface area contributed by atoms with E-state index in [1.165, 1.54) is 0 Å². The van der Waals surface area contributed by atoms with Crippen molar-refractivity contribution in [2.45, 2.75) is 38.2 Å². The van der Waals surface area contributed by atoms with E-state index < -0.39 is 27.3 Å². The highest BCUT2D eigenvalue weighted by atomic mass is 32.2. The zero-order valence-corrected chi connectivity index (χ0v) is 9.67.